The minimum Gasteiger partial charge on any atom is -0.342 e. The van der Waals surface area contributed by atoms with Gasteiger partial charge in [-0.3, -0.25) is 14.4 Å². The van der Waals surface area contributed by atoms with Gasteiger partial charge in [-0.05, 0) is 19.1 Å². The molecule has 0 radical (unpaired) electrons. The lowest BCUT2D eigenvalue weighted by Gasteiger charge is -2.34. The van der Waals surface area contributed by atoms with E-state index in [9.17, 15) is 14.4 Å². The Balaban J connectivity index is 1.89. The first kappa shape index (κ1) is 19.4. The van der Waals surface area contributed by atoms with Crippen molar-refractivity contribution in [2.45, 2.75) is 27.2 Å². The Morgan fingerprint density at radius 3 is 2.26 bits per heavy atom. The Morgan fingerprint density at radius 1 is 1.04 bits per heavy atom. The first-order valence-corrected chi connectivity index (χ1v) is 9.76. The van der Waals surface area contributed by atoms with Crippen LogP contribution in [-0.4, -0.2) is 71.7 Å². The van der Waals surface area contributed by atoms with E-state index < -0.39 is 5.41 Å². The Bertz CT molecular complexity index is 719. The van der Waals surface area contributed by atoms with Gasteiger partial charge in [0.05, 0.1) is 0 Å². The summed E-state index contributed by atoms with van der Waals surface area (Å²) in [4.78, 5) is 43.7. The summed E-state index contributed by atoms with van der Waals surface area (Å²) in [5, 5.41) is 0. The average Bonchev–Trinajstić information content (AvgIpc) is 2.86. The quantitative estimate of drug-likeness (QED) is 0.815. The van der Waals surface area contributed by atoms with Crippen LogP contribution in [-0.2, 0) is 9.59 Å². The van der Waals surface area contributed by atoms with Crippen LogP contribution < -0.4 is 0 Å². The monoisotopic (exact) mass is 371 g/mol. The Hall–Kier alpha value is -2.37. The molecule has 6 nitrogen and oxygen atoms in total. The second kappa shape index (κ2) is 7.71. The maximum atomic E-state index is 13.1. The Morgan fingerprint density at radius 2 is 1.67 bits per heavy atom. The van der Waals surface area contributed by atoms with Gasteiger partial charge in [-0.2, -0.15) is 0 Å². The van der Waals surface area contributed by atoms with E-state index >= 15 is 0 Å². The standard InChI is InChI=1S/C21H29N3O3/c1-4-22-13-21(12-18(22)25)14-23(19(26)16(2)3)10-11-24(15-21)20(27)17-8-6-5-7-9-17/h5-9,16H,4,10-15H2,1-3H3. The fourth-order valence-corrected chi connectivity index (χ4v) is 4.23. The SMILES string of the molecule is CCN1CC2(CC1=O)CN(C(=O)c1ccccc1)CCN(C(=O)C(C)C)C2. The Kier molecular flexibility index (Phi) is 5.53. The Labute approximate surface area is 161 Å². The van der Waals surface area contributed by atoms with Crippen molar-refractivity contribution in [3.63, 3.8) is 0 Å². The predicted octanol–water partition coefficient (Wildman–Crippen LogP) is 1.87. The molecule has 27 heavy (non-hydrogen) atoms. The summed E-state index contributed by atoms with van der Waals surface area (Å²) in [6.45, 7) is 9.06. The second-order valence-electron chi connectivity index (χ2n) is 8.09. The molecule has 2 saturated heterocycles. The van der Waals surface area contributed by atoms with E-state index in [1.54, 1.807) is 0 Å². The fraction of sp³-hybridized carbons (Fsp3) is 0.571. The van der Waals surface area contributed by atoms with Crippen molar-refractivity contribution in [2.75, 3.05) is 39.3 Å². The van der Waals surface area contributed by atoms with Crippen molar-refractivity contribution in [3.05, 3.63) is 35.9 Å². The third kappa shape index (κ3) is 3.99. The van der Waals surface area contributed by atoms with Gasteiger partial charge in [0.1, 0.15) is 0 Å². The largest absolute Gasteiger partial charge is 0.342 e. The molecule has 2 aliphatic heterocycles. The summed E-state index contributed by atoms with van der Waals surface area (Å²) in [6, 6.07) is 9.23. The number of carbonyl (C=O) groups excluding carboxylic acids is 3. The smallest absolute Gasteiger partial charge is 0.253 e. The molecular formula is C21H29N3O3. The van der Waals surface area contributed by atoms with E-state index in [-0.39, 0.29) is 23.6 Å². The van der Waals surface area contributed by atoms with E-state index in [2.05, 4.69) is 0 Å². The maximum Gasteiger partial charge on any atom is 0.253 e. The lowest BCUT2D eigenvalue weighted by atomic mass is 9.85. The normalized spacial score (nSPS) is 23.3. The van der Waals surface area contributed by atoms with Crippen LogP contribution in [0.2, 0.25) is 0 Å². The first-order valence-electron chi connectivity index (χ1n) is 9.76. The highest BCUT2D eigenvalue weighted by atomic mass is 16.2. The van der Waals surface area contributed by atoms with Gasteiger partial charge in [0.15, 0.2) is 0 Å². The summed E-state index contributed by atoms with van der Waals surface area (Å²) < 4.78 is 0. The molecule has 0 aliphatic carbocycles. The highest BCUT2D eigenvalue weighted by Crippen LogP contribution is 2.35. The maximum absolute atomic E-state index is 13.1. The number of amides is 3. The van der Waals surface area contributed by atoms with Crippen LogP contribution in [0, 0.1) is 11.3 Å². The number of nitrogens with zero attached hydrogens (tertiary/aromatic N) is 3. The van der Waals surface area contributed by atoms with Crippen LogP contribution in [0.5, 0.6) is 0 Å². The fourth-order valence-electron chi connectivity index (χ4n) is 4.23. The molecule has 1 atom stereocenters. The zero-order chi connectivity index (χ0) is 19.6. The number of benzene rings is 1. The third-order valence-electron chi connectivity index (χ3n) is 5.59. The molecule has 3 rings (SSSR count). The summed E-state index contributed by atoms with van der Waals surface area (Å²) in [5.74, 6) is 0.0725. The minimum absolute atomic E-state index is 0.0313. The topological polar surface area (TPSA) is 60.9 Å². The number of hydrogen-bond donors (Lipinski definition) is 0. The molecular weight excluding hydrogens is 342 g/mol. The van der Waals surface area contributed by atoms with Crippen LogP contribution in [0.25, 0.3) is 0 Å². The molecule has 2 fully saturated rings. The highest BCUT2D eigenvalue weighted by molar-refractivity contribution is 5.94. The van der Waals surface area contributed by atoms with E-state index in [0.29, 0.717) is 51.3 Å². The van der Waals surface area contributed by atoms with Gasteiger partial charge < -0.3 is 14.7 Å². The summed E-state index contributed by atoms with van der Waals surface area (Å²) in [7, 11) is 0. The van der Waals surface area contributed by atoms with E-state index in [1.165, 1.54) is 0 Å². The van der Waals surface area contributed by atoms with Crippen LogP contribution in [0.1, 0.15) is 37.6 Å². The van der Waals surface area contributed by atoms with Crippen LogP contribution >= 0.6 is 0 Å². The van der Waals surface area contributed by atoms with Crippen molar-refractivity contribution in [3.8, 4) is 0 Å². The van der Waals surface area contributed by atoms with Gasteiger partial charge in [-0.25, -0.2) is 0 Å². The van der Waals surface area contributed by atoms with Gasteiger partial charge in [-0.15, -0.1) is 0 Å². The zero-order valence-electron chi connectivity index (χ0n) is 16.5. The third-order valence-corrected chi connectivity index (χ3v) is 5.59. The average molecular weight is 371 g/mol. The van der Waals surface area contributed by atoms with Crippen LogP contribution in [0.15, 0.2) is 30.3 Å². The number of rotatable bonds is 3. The van der Waals surface area contributed by atoms with Gasteiger partial charge in [0.2, 0.25) is 11.8 Å². The molecule has 0 bridgehead atoms. The predicted molar refractivity (Wildman–Crippen MR) is 103 cm³/mol. The lowest BCUT2D eigenvalue weighted by Crippen LogP contribution is -2.46. The number of hydrogen-bond acceptors (Lipinski definition) is 3. The molecule has 1 spiro atoms. The molecule has 6 heteroatoms. The van der Waals surface area contributed by atoms with Gasteiger partial charge in [0, 0.05) is 62.6 Å². The summed E-state index contributed by atoms with van der Waals surface area (Å²) in [6.07, 6.45) is 0.390. The molecule has 1 aromatic rings. The number of carbonyl (C=O) groups is 3. The summed E-state index contributed by atoms with van der Waals surface area (Å²) in [5.41, 5.74) is 0.256. The molecule has 0 N–H and O–H groups in total. The van der Waals surface area contributed by atoms with Crippen molar-refractivity contribution < 1.29 is 14.4 Å². The van der Waals surface area contributed by atoms with Gasteiger partial charge in [-0.1, -0.05) is 32.0 Å². The molecule has 3 amide bonds. The molecule has 146 valence electrons. The van der Waals surface area contributed by atoms with Gasteiger partial charge >= 0.3 is 0 Å². The van der Waals surface area contributed by atoms with Crippen molar-refractivity contribution in [2.24, 2.45) is 11.3 Å². The summed E-state index contributed by atoms with van der Waals surface area (Å²) >= 11 is 0. The molecule has 1 aromatic carbocycles. The van der Waals surface area contributed by atoms with Crippen molar-refractivity contribution in [1.29, 1.82) is 0 Å². The van der Waals surface area contributed by atoms with Gasteiger partial charge in [0.25, 0.3) is 5.91 Å². The van der Waals surface area contributed by atoms with E-state index in [1.807, 2.05) is 65.8 Å². The molecule has 0 saturated carbocycles. The van der Waals surface area contributed by atoms with Crippen molar-refractivity contribution >= 4 is 17.7 Å². The molecule has 2 aliphatic rings. The zero-order valence-corrected chi connectivity index (χ0v) is 16.5. The number of likely N-dealkylation sites (tertiary alicyclic amines) is 1. The lowest BCUT2D eigenvalue weighted by molar-refractivity contribution is -0.135. The molecule has 2 heterocycles. The second-order valence-corrected chi connectivity index (χ2v) is 8.09. The first-order chi connectivity index (χ1) is 12.8. The molecule has 1 unspecified atom stereocenters. The van der Waals surface area contributed by atoms with Crippen LogP contribution in [0.3, 0.4) is 0 Å². The van der Waals surface area contributed by atoms with E-state index in [0.717, 1.165) is 0 Å². The van der Waals surface area contributed by atoms with Crippen molar-refractivity contribution in [1.82, 2.24) is 14.7 Å². The molecule has 0 aromatic heterocycles. The highest BCUT2D eigenvalue weighted by Gasteiger charge is 2.47. The van der Waals surface area contributed by atoms with Crippen LogP contribution in [0.4, 0.5) is 0 Å². The minimum atomic E-state index is -0.390. The van der Waals surface area contributed by atoms with E-state index in [4.69, 9.17) is 0 Å².